The van der Waals surface area contributed by atoms with Crippen molar-refractivity contribution in [3.63, 3.8) is 0 Å². The molecule has 5 nitrogen and oxygen atoms in total. The molecule has 1 unspecified atom stereocenters. The number of piperazine rings is 1. The predicted octanol–water partition coefficient (Wildman–Crippen LogP) is 5.44. The van der Waals surface area contributed by atoms with Crippen molar-refractivity contribution in [3.05, 3.63) is 87.3 Å². The normalized spacial score (nSPS) is 16.8. The topological polar surface area (TPSA) is 58.1 Å². The van der Waals surface area contributed by atoms with Gasteiger partial charge < -0.3 is 10.2 Å². The first-order valence-corrected chi connectivity index (χ1v) is 10.8. The molecule has 3 aromatic rings. The minimum absolute atomic E-state index is 0. The number of aryl methyl sites for hydroxylation is 1. The number of nitrogens with one attached hydrogen (secondary N) is 1. The highest BCUT2D eigenvalue weighted by Gasteiger charge is 2.37. The van der Waals surface area contributed by atoms with Gasteiger partial charge in [0.25, 0.3) is 0 Å². The van der Waals surface area contributed by atoms with E-state index < -0.39 is 23.2 Å². The lowest BCUT2D eigenvalue weighted by atomic mass is 10.0. The van der Waals surface area contributed by atoms with Crippen LogP contribution in [0.3, 0.4) is 0 Å². The van der Waals surface area contributed by atoms with Gasteiger partial charge in [0.15, 0.2) is 0 Å². The van der Waals surface area contributed by atoms with Crippen LogP contribution in [0.15, 0.2) is 59.2 Å². The van der Waals surface area contributed by atoms with Gasteiger partial charge >= 0.3 is 6.18 Å². The Morgan fingerprint density at radius 1 is 1.22 bits per heavy atom. The van der Waals surface area contributed by atoms with Gasteiger partial charge in [-0.05, 0) is 46.6 Å². The van der Waals surface area contributed by atoms with E-state index in [0.717, 1.165) is 11.6 Å². The van der Waals surface area contributed by atoms with E-state index in [9.17, 15) is 18.0 Å². The minimum Gasteiger partial charge on any atom is -0.353 e. The lowest BCUT2D eigenvalue weighted by Gasteiger charge is -2.35. The number of nitrogens with zero attached hydrogens (tertiary/aromatic N) is 3. The standard InChI is InChI=1S/C23H20BrF3N4O.2H2/c1-14-17(11-16(24)12-29-14)22(32)21-18(23(25,26)27)7-8-20(30-21)31-10-9-28-19(13-31)15-5-3-2-4-6-15;;/h2-8,11-12,19,28H,9-10,13H2,1H3;2*1H. The number of alkyl halides is 3. The summed E-state index contributed by atoms with van der Waals surface area (Å²) in [5.74, 6) is -0.468. The number of carbonyl (C=O) groups excluding carboxylic acids is 1. The Labute approximate surface area is 194 Å². The van der Waals surface area contributed by atoms with Gasteiger partial charge in [-0.2, -0.15) is 13.2 Å². The van der Waals surface area contributed by atoms with Crippen LogP contribution in [0.5, 0.6) is 0 Å². The largest absolute Gasteiger partial charge is 0.418 e. The minimum atomic E-state index is -4.71. The summed E-state index contributed by atoms with van der Waals surface area (Å²) >= 11 is 3.23. The number of rotatable bonds is 4. The first-order chi connectivity index (χ1) is 15.2. The van der Waals surface area contributed by atoms with Crippen LogP contribution in [-0.4, -0.2) is 35.4 Å². The zero-order chi connectivity index (χ0) is 22.9. The molecule has 0 amide bonds. The van der Waals surface area contributed by atoms with Crippen LogP contribution in [0.1, 0.15) is 41.8 Å². The summed E-state index contributed by atoms with van der Waals surface area (Å²) in [7, 11) is 0. The molecule has 9 heteroatoms. The Morgan fingerprint density at radius 3 is 2.69 bits per heavy atom. The second kappa shape index (κ2) is 8.99. The van der Waals surface area contributed by atoms with E-state index in [1.807, 2.05) is 35.2 Å². The van der Waals surface area contributed by atoms with Crippen molar-refractivity contribution in [2.24, 2.45) is 0 Å². The molecule has 170 valence electrons. The molecule has 1 saturated heterocycles. The maximum Gasteiger partial charge on any atom is 0.418 e. The molecular weight excluding hydrogens is 485 g/mol. The molecule has 1 N–H and O–H groups in total. The summed E-state index contributed by atoms with van der Waals surface area (Å²) in [6.07, 6.45) is -3.22. The average Bonchev–Trinajstić information content (AvgIpc) is 2.80. The fourth-order valence-corrected chi connectivity index (χ4v) is 4.09. The van der Waals surface area contributed by atoms with Gasteiger partial charge in [0, 0.05) is 50.5 Å². The van der Waals surface area contributed by atoms with Crippen LogP contribution in [0.2, 0.25) is 0 Å². The molecule has 0 saturated carbocycles. The third-order valence-corrected chi connectivity index (χ3v) is 5.83. The molecular formula is C23H24BrF3N4O. The summed E-state index contributed by atoms with van der Waals surface area (Å²) in [5, 5.41) is 3.42. The average molecular weight is 509 g/mol. The van der Waals surface area contributed by atoms with E-state index in [1.54, 1.807) is 6.92 Å². The number of pyridine rings is 2. The fourth-order valence-electron chi connectivity index (χ4n) is 3.76. The molecule has 1 fully saturated rings. The Kier molecular flexibility index (Phi) is 6.30. The molecule has 4 rings (SSSR count). The number of ketones is 1. The monoisotopic (exact) mass is 508 g/mol. The highest BCUT2D eigenvalue weighted by Crippen LogP contribution is 2.34. The highest BCUT2D eigenvalue weighted by atomic mass is 79.9. The van der Waals surface area contributed by atoms with Crippen molar-refractivity contribution in [1.29, 1.82) is 0 Å². The molecule has 1 aromatic carbocycles. The van der Waals surface area contributed by atoms with Crippen molar-refractivity contribution in [1.82, 2.24) is 15.3 Å². The maximum absolute atomic E-state index is 13.7. The number of hydrogen-bond acceptors (Lipinski definition) is 5. The van der Waals surface area contributed by atoms with Gasteiger partial charge in [-0.1, -0.05) is 30.3 Å². The summed E-state index contributed by atoms with van der Waals surface area (Å²) in [6.45, 7) is 3.30. The van der Waals surface area contributed by atoms with Gasteiger partial charge in [0.1, 0.15) is 11.5 Å². The molecule has 2 aromatic heterocycles. The number of hydrogen-bond donors (Lipinski definition) is 1. The molecule has 0 aliphatic carbocycles. The number of aromatic nitrogens is 2. The first kappa shape index (κ1) is 22.4. The van der Waals surface area contributed by atoms with Gasteiger partial charge in [-0.15, -0.1) is 0 Å². The Balaban J connectivity index is 0.00000204. The Morgan fingerprint density at radius 2 is 1.97 bits per heavy atom. The zero-order valence-electron chi connectivity index (χ0n) is 17.2. The van der Waals surface area contributed by atoms with Crippen LogP contribution in [0.4, 0.5) is 19.0 Å². The van der Waals surface area contributed by atoms with Crippen molar-refractivity contribution in [2.45, 2.75) is 19.1 Å². The van der Waals surface area contributed by atoms with Crippen molar-refractivity contribution in [3.8, 4) is 0 Å². The van der Waals surface area contributed by atoms with Crippen LogP contribution in [0, 0.1) is 6.92 Å². The zero-order valence-corrected chi connectivity index (χ0v) is 18.7. The molecule has 0 spiro atoms. The maximum atomic E-state index is 13.7. The second-order valence-corrected chi connectivity index (χ2v) is 8.46. The van der Waals surface area contributed by atoms with E-state index in [4.69, 9.17) is 0 Å². The fraction of sp³-hybridized carbons (Fsp3) is 0.261. The van der Waals surface area contributed by atoms with E-state index in [-0.39, 0.29) is 14.5 Å². The molecule has 3 heterocycles. The van der Waals surface area contributed by atoms with Crippen LogP contribution < -0.4 is 10.2 Å². The quantitative estimate of drug-likeness (QED) is 0.475. The molecule has 0 bridgehead atoms. The summed E-state index contributed by atoms with van der Waals surface area (Å²) < 4.78 is 41.7. The van der Waals surface area contributed by atoms with Gasteiger partial charge in [-0.25, -0.2) is 4.98 Å². The predicted molar refractivity (Wildman–Crippen MR) is 123 cm³/mol. The van der Waals surface area contributed by atoms with Crippen LogP contribution in [-0.2, 0) is 6.18 Å². The molecule has 1 aliphatic heterocycles. The number of anilines is 1. The molecule has 1 aliphatic rings. The van der Waals surface area contributed by atoms with Crippen molar-refractivity contribution >= 4 is 27.5 Å². The van der Waals surface area contributed by atoms with Gasteiger partial charge in [0.05, 0.1) is 5.56 Å². The second-order valence-electron chi connectivity index (χ2n) is 7.54. The van der Waals surface area contributed by atoms with Crippen LogP contribution >= 0.6 is 15.9 Å². The Hall–Kier alpha value is -2.78. The van der Waals surface area contributed by atoms with Crippen LogP contribution in [0.25, 0.3) is 0 Å². The highest BCUT2D eigenvalue weighted by molar-refractivity contribution is 9.10. The number of carbonyl (C=O) groups is 1. The molecule has 32 heavy (non-hydrogen) atoms. The Bertz CT molecular complexity index is 1150. The summed E-state index contributed by atoms with van der Waals surface area (Å²) in [4.78, 5) is 23.4. The lowest BCUT2D eigenvalue weighted by molar-refractivity contribution is -0.138. The van der Waals surface area contributed by atoms with Crippen molar-refractivity contribution < 1.29 is 20.8 Å². The third kappa shape index (κ3) is 4.68. The SMILES string of the molecule is Cc1ncc(Br)cc1C(=O)c1nc(N2CCNC(c3ccccc3)C2)ccc1C(F)(F)F.[HH].[HH]. The van der Waals surface area contributed by atoms with E-state index in [0.29, 0.717) is 35.6 Å². The van der Waals surface area contributed by atoms with E-state index >= 15 is 0 Å². The van der Waals surface area contributed by atoms with E-state index in [1.165, 1.54) is 18.3 Å². The summed E-state index contributed by atoms with van der Waals surface area (Å²) in [5.41, 5.74) is -0.175. The van der Waals surface area contributed by atoms with Gasteiger partial charge in [0.2, 0.25) is 5.78 Å². The smallest absolute Gasteiger partial charge is 0.353 e. The number of halogens is 4. The van der Waals surface area contributed by atoms with Gasteiger partial charge in [-0.3, -0.25) is 9.78 Å². The summed E-state index contributed by atoms with van der Waals surface area (Å²) in [6, 6.07) is 13.6. The first-order valence-electron chi connectivity index (χ1n) is 10.0. The van der Waals surface area contributed by atoms with Crippen molar-refractivity contribution in [2.75, 3.05) is 24.5 Å². The van der Waals surface area contributed by atoms with E-state index in [2.05, 4.69) is 31.2 Å². The third-order valence-electron chi connectivity index (χ3n) is 5.40. The number of benzene rings is 1. The molecule has 0 radical (unpaired) electrons. The molecule has 1 atom stereocenters. The lowest BCUT2D eigenvalue weighted by Crippen LogP contribution is -2.46.